The number of nitrogens with zero attached hydrogens (tertiary/aromatic N) is 3. The van der Waals surface area contributed by atoms with Gasteiger partial charge in [-0.25, -0.2) is 9.79 Å². The Morgan fingerprint density at radius 3 is 2.62 bits per heavy atom. The van der Waals surface area contributed by atoms with Crippen molar-refractivity contribution in [2.24, 2.45) is 4.99 Å². The number of aliphatic imine (C=N–C) groups is 1. The maximum atomic E-state index is 13.2. The molecule has 1 aromatic rings. The molecule has 0 spiro atoms. The number of esters is 1. The summed E-state index contributed by atoms with van der Waals surface area (Å²) >= 11 is 1.46. The Hall–Kier alpha value is -3.20. The fourth-order valence-electron chi connectivity index (χ4n) is 4.41. The van der Waals surface area contributed by atoms with E-state index in [2.05, 4.69) is 11.6 Å². The Kier molecular flexibility index (Phi) is 7.31. The number of likely N-dealkylation sites (tertiary alicyclic amines) is 1. The van der Waals surface area contributed by atoms with Crippen molar-refractivity contribution in [1.29, 1.82) is 0 Å². The first kappa shape index (κ1) is 23.9. The van der Waals surface area contributed by atoms with Crippen molar-refractivity contribution in [3.63, 3.8) is 0 Å². The molecule has 1 atom stereocenters. The fraction of sp³-hybridized carbons (Fsp3) is 0.400. The molecule has 3 heterocycles. The van der Waals surface area contributed by atoms with Crippen molar-refractivity contribution in [2.75, 3.05) is 33.9 Å². The van der Waals surface area contributed by atoms with E-state index in [-0.39, 0.29) is 18.9 Å². The monoisotopic (exact) mass is 483 g/mol. The molecular weight excluding hydrogens is 454 g/mol. The molecule has 9 heteroatoms. The summed E-state index contributed by atoms with van der Waals surface area (Å²) in [5.74, 6) is 0.745. The van der Waals surface area contributed by atoms with Crippen molar-refractivity contribution >= 4 is 28.8 Å². The van der Waals surface area contributed by atoms with Gasteiger partial charge in [-0.05, 0) is 42.9 Å². The van der Waals surface area contributed by atoms with Crippen LogP contribution in [0.2, 0.25) is 0 Å². The van der Waals surface area contributed by atoms with Crippen molar-refractivity contribution in [2.45, 2.75) is 32.2 Å². The quantitative estimate of drug-likeness (QED) is 0.408. The van der Waals surface area contributed by atoms with Gasteiger partial charge in [-0.3, -0.25) is 4.79 Å². The smallest absolute Gasteiger partial charge is 0.338 e. The number of carbonyl (C=O) groups excluding carboxylic acids is 2. The maximum absolute atomic E-state index is 13.2. The van der Waals surface area contributed by atoms with Crippen molar-refractivity contribution in [3.8, 4) is 11.5 Å². The largest absolute Gasteiger partial charge is 0.493 e. The van der Waals surface area contributed by atoms with Gasteiger partial charge in [0.1, 0.15) is 6.61 Å². The lowest BCUT2D eigenvalue weighted by Gasteiger charge is -2.36. The number of amidine groups is 1. The normalized spacial score (nSPS) is 19.4. The number of hydrogen-bond acceptors (Lipinski definition) is 8. The van der Waals surface area contributed by atoms with Gasteiger partial charge in [0.05, 0.1) is 38.0 Å². The number of benzene rings is 1. The molecule has 1 fully saturated rings. The Morgan fingerprint density at radius 2 is 1.94 bits per heavy atom. The number of amides is 1. The summed E-state index contributed by atoms with van der Waals surface area (Å²) < 4.78 is 16.4. The minimum atomic E-state index is -0.530. The standard InChI is InChI=1S/C25H29N3O5S/c1-5-12-33-24(30)22-16(2)26-25-28(18(15-34-25)14-21(29)27-10-6-7-11-27)23(22)17-8-9-19(31-3)20(13-17)32-4/h5,8-9,13,15,23H,1,6-7,10-12,14H2,2-4H3. The summed E-state index contributed by atoms with van der Waals surface area (Å²) in [5, 5.41) is 2.67. The van der Waals surface area contributed by atoms with Gasteiger partial charge >= 0.3 is 5.97 Å². The van der Waals surface area contributed by atoms with Gasteiger partial charge in [0.25, 0.3) is 0 Å². The highest BCUT2D eigenvalue weighted by molar-refractivity contribution is 8.16. The van der Waals surface area contributed by atoms with Crippen LogP contribution in [-0.2, 0) is 14.3 Å². The van der Waals surface area contributed by atoms with E-state index in [1.54, 1.807) is 21.1 Å². The number of methoxy groups -OCH3 is 2. The van der Waals surface area contributed by atoms with Crippen LogP contribution in [0.4, 0.5) is 0 Å². The predicted molar refractivity (Wildman–Crippen MR) is 132 cm³/mol. The lowest BCUT2D eigenvalue weighted by Crippen LogP contribution is -2.38. The molecule has 0 aromatic heterocycles. The number of ether oxygens (including phenoxy) is 3. The summed E-state index contributed by atoms with van der Waals surface area (Å²) in [7, 11) is 3.15. The Labute approximate surface area is 203 Å². The molecule has 3 aliphatic heterocycles. The Morgan fingerprint density at radius 1 is 1.21 bits per heavy atom. The van der Waals surface area contributed by atoms with E-state index in [0.717, 1.165) is 42.4 Å². The predicted octanol–water partition coefficient (Wildman–Crippen LogP) is 4.02. The summed E-state index contributed by atoms with van der Waals surface area (Å²) in [5.41, 5.74) is 2.60. The molecule has 0 bridgehead atoms. The van der Waals surface area contributed by atoms with Crippen molar-refractivity contribution in [1.82, 2.24) is 9.80 Å². The lowest BCUT2D eigenvalue weighted by molar-refractivity contribution is -0.138. The van der Waals surface area contributed by atoms with E-state index in [1.165, 1.54) is 17.8 Å². The molecule has 1 saturated heterocycles. The first-order valence-electron chi connectivity index (χ1n) is 11.2. The molecule has 180 valence electrons. The zero-order valence-electron chi connectivity index (χ0n) is 19.7. The average molecular weight is 484 g/mol. The van der Waals surface area contributed by atoms with Crippen LogP contribution in [0, 0.1) is 0 Å². The molecule has 0 N–H and O–H groups in total. The minimum absolute atomic E-state index is 0.0821. The molecule has 1 amide bonds. The molecular formula is C25H29N3O5S. The summed E-state index contributed by atoms with van der Waals surface area (Å²) in [6.07, 6.45) is 3.84. The van der Waals surface area contributed by atoms with Gasteiger partial charge in [0.2, 0.25) is 5.91 Å². The Bertz CT molecular complexity index is 1090. The summed E-state index contributed by atoms with van der Waals surface area (Å²) in [6, 6.07) is 5.02. The molecule has 1 unspecified atom stereocenters. The third-order valence-electron chi connectivity index (χ3n) is 6.07. The molecule has 0 aliphatic carbocycles. The highest BCUT2D eigenvalue weighted by Gasteiger charge is 2.41. The van der Waals surface area contributed by atoms with Crippen LogP contribution in [0.25, 0.3) is 0 Å². The first-order chi connectivity index (χ1) is 16.5. The van der Waals surface area contributed by atoms with Gasteiger partial charge in [0.15, 0.2) is 16.7 Å². The van der Waals surface area contributed by atoms with E-state index in [0.29, 0.717) is 22.8 Å². The molecule has 0 saturated carbocycles. The fourth-order valence-corrected chi connectivity index (χ4v) is 5.38. The highest BCUT2D eigenvalue weighted by Crippen LogP contribution is 2.46. The third-order valence-corrected chi connectivity index (χ3v) is 6.96. The third kappa shape index (κ3) is 4.57. The van der Waals surface area contributed by atoms with Crippen LogP contribution < -0.4 is 9.47 Å². The zero-order chi connectivity index (χ0) is 24.2. The lowest BCUT2D eigenvalue weighted by atomic mass is 9.93. The number of rotatable bonds is 8. The molecule has 1 aromatic carbocycles. The number of carbonyl (C=O) groups is 2. The zero-order valence-corrected chi connectivity index (χ0v) is 20.5. The van der Waals surface area contributed by atoms with Crippen LogP contribution in [0.3, 0.4) is 0 Å². The minimum Gasteiger partial charge on any atom is -0.493 e. The van der Waals surface area contributed by atoms with Gasteiger partial charge in [-0.1, -0.05) is 30.5 Å². The number of allylic oxidation sites excluding steroid dienone is 1. The molecule has 3 aliphatic rings. The number of fused-ring (bicyclic) bond motifs is 1. The van der Waals surface area contributed by atoms with Crippen molar-refractivity contribution in [3.05, 3.63) is 58.8 Å². The average Bonchev–Trinajstić information content (AvgIpc) is 3.52. The second kappa shape index (κ2) is 10.4. The van der Waals surface area contributed by atoms with E-state index in [9.17, 15) is 9.59 Å². The molecule has 8 nitrogen and oxygen atoms in total. The highest BCUT2D eigenvalue weighted by atomic mass is 32.2. The van der Waals surface area contributed by atoms with E-state index in [4.69, 9.17) is 14.2 Å². The molecule has 4 rings (SSSR count). The van der Waals surface area contributed by atoms with E-state index >= 15 is 0 Å². The van der Waals surface area contributed by atoms with Crippen molar-refractivity contribution < 1.29 is 23.8 Å². The SMILES string of the molecule is C=CCOC(=O)C1=C(C)N=C2SC=C(CC(=O)N3CCCC3)N2C1c1ccc(OC)c(OC)c1. The first-order valence-corrected chi connectivity index (χ1v) is 12.1. The molecule has 34 heavy (non-hydrogen) atoms. The number of hydrogen-bond donors (Lipinski definition) is 0. The topological polar surface area (TPSA) is 80.7 Å². The van der Waals surface area contributed by atoms with E-state index < -0.39 is 12.0 Å². The van der Waals surface area contributed by atoms with Crippen LogP contribution in [0.15, 0.2) is 58.2 Å². The van der Waals surface area contributed by atoms with Crippen LogP contribution in [0.5, 0.6) is 11.5 Å². The van der Waals surface area contributed by atoms with Gasteiger partial charge < -0.3 is 24.0 Å². The van der Waals surface area contributed by atoms with Gasteiger partial charge in [-0.2, -0.15) is 0 Å². The summed E-state index contributed by atoms with van der Waals surface area (Å²) in [4.78, 5) is 34.7. The van der Waals surface area contributed by atoms with Crippen LogP contribution in [-0.4, -0.2) is 60.8 Å². The number of thioether (sulfide) groups is 1. The summed E-state index contributed by atoms with van der Waals surface area (Å²) in [6.45, 7) is 7.11. The maximum Gasteiger partial charge on any atom is 0.338 e. The Balaban J connectivity index is 1.75. The van der Waals surface area contributed by atoms with Crippen LogP contribution >= 0.6 is 11.8 Å². The second-order valence-corrected chi connectivity index (χ2v) is 9.00. The van der Waals surface area contributed by atoms with Gasteiger partial charge in [0, 0.05) is 18.8 Å². The van der Waals surface area contributed by atoms with E-state index in [1.807, 2.05) is 33.4 Å². The molecule has 0 radical (unpaired) electrons. The van der Waals surface area contributed by atoms with Crippen LogP contribution in [0.1, 0.15) is 37.8 Å². The van der Waals surface area contributed by atoms with Gasteiger partial charge in [-0.15, -0.1) is 0 Å². The second-order valence-electron chi connectivity index (χ2n) is 8.16.